The van der Waals surface area contributed by atoms with Gasteiger partial charge in [-0.05, 0) is 62.7 Å². The monoisotopic (exact) mass is 366 g/mol. The molecule has 1 aromatic rings. The fourth-order valence-electron chi connectivity index (χ4n) is 2.19. The summed E-state index contributed by atoms with van der Waals surface area (Å²) in [4.78, 5) is 19.2. The smallest absolute Gasteiger partial charge is 0.266 e. The molecule has 0 aromatic heterocycles. The van der Waals surface area contributed by atoms with Crippen LogP contribution in [-0.2, 0) is 4.79 Å². The maximum absolute atomic E-state index is 12.5. The van der Waals surface area contributed by atoms with Crippen LogP contribution in [0.4, 0.5) is 0 Å². The molecule has 1 aliphatic rings. The van der Waals surface area contributed by atoms with Crippen LogP contribution in [0.5, 0.6) is 5.75 Å². The molecule has 1 fully saturated rings. The standard InChI is InChI=1S/C18H23ClN2O2S/c1-5-12(4)23-15-9-8-13(10-14(15)19)11-16-17(22)21(7-3)18(24-16)20-6-2/h8-12H,5-7H2,1-4H3/b16-11+,20-18?/t12-/m0/s1. The first-order chi connectivity index (χ1) is 11.5. The van der Waals surface area contributed by atoms with E-state index in [0.717, 1.165) is 17.2 Å². The zero-order chi connectivity index (χ0) is 17.7. The van der Waals surface area contributed by atoms with E-state index in [9.17, 15) is 4.79 Å². The minimum Gasteiger partial charge on any atom is -0.489 e. The molecule has 1 amide bonds. The number of carbonyl (C=O) groups is 1. The molecule has 0 saturated carbocycles. The first-order valence-electron chi connectivity index (χ1n) is 8.22. The summed E-state index contributed by atoms with van der Waals surface area (Å²) < 4.78 is 5.77. The second kappa shape index (κ2) is 8.58. The molecule has 6 heteroatoms. The predicted molar refractivity (Wildman–Crippen MR) is 103 cm³/mol. The Morgan fingerprint density at radius 2 is 2.12 bits per heavy atom. The van der Waals surface area contributed by atoms with E-state index in [1.165, 1.54) is 11.8 Å². The third-order valence-corrected chi connectivity index (χ3v) is 4.99. The second-order valence-corrected chi connectivity index (χ2v) is 6.86. The van der Waals surface area contributed by atoms with Gasteiger partial charge in [0.15, 0.2) is 5.17 Å². The molecule has 2 rings (SSSR count). The van der Waals surface area contributed by atoms with Crippen molar-refractivity contribution in [3.05, 3.63) is 33.7 Å². The summed E-state index contributed by atoms with van der Waals surface area (Å²) >= 11 is 7.71. The van der Waals surface area contributed by atoms with Gasteiger partial charge < -0.3 is 4.74 Å². The number of nitrogens with zero attached hydrogens (tertiary/aromatic N) is 2. The Bertz CT molecular complexity index is 673. The molecule has 1 atom stereocenters. The molecule has 4 nitrogen and oxygen atoms in total. The van der Waals surface area contributed by atoms with Crippen molar-refractivity contribution in [1.82, 2.24) is 4.90 Å². The highest BCUT2D eigenvalue weighted by molar-refractivity contribution is 8.18. The van der Waals surface area contributed by atoms with E-state index in [2.05, 4.69) is 11.9 Å². The number of benzene rings is 1. The molecule has 1 aliphatic heterocycles. The van der Waals surface area contributed by atoms with Gasteiger partial charge in [0.25, 0.3) is 5.91 Å². The van der Waals surface area contributed by atoms with Crippen LogP contribution in [0.15, 0.2) is 28.1 Å². The lowest BCUT2D eigenvalue weighted by atomic mass is 10.2. The Hall–Kier alpha value is -1.46. The van der Waals surface area contributed by atoms with E-state index in [1.807, 2.05) is 45.0 Å². The van der Waals surface area contributed by atoms with Gasteiger partial charge in [-0.2, -0.15) is 0 Å². The third kappa shape index (κ3) is 4.33. The van der Waals surface area contributed by atoms with Crippen molar-refractivity contribution in [2.45, 2.75) is 40.2 Å². The van der Waals surface area contributed by atoms with Gasteiger partial charge in [0, 0.05) is 13.1 Å². The van der Waals surface area contributed by atoms with Gasteiger partial charge in [-0.1, -0.05) is 24.6 Å². The average molecular weight is 367 g/mol. The van der Waals surface area contributed by atoms with E-state index in [-0.39, 0.29) is 12.0 Å². The molecule has 1 heterocycles. The number of rotatable bonds is 6. The maximum atomic E-state index is 12.5. The van der Waals surface area contributed by atoms with Crippen LogP contribution in [0.1, 0.15) is 39.7 Å². The van der Waals surface area contributed by atoms with Crippen molar-refractivity contribution in [1.29, 1.82) is 0 Å². The Morgan fingerprint density at radius 3 is 2.71 bits per heavy atom. The SMILES string of the molecule is CCN=C1S/C(=C/c2ccc(O[C@@H](C)CC)c(Cl)c2)C(=O)N1CC. The molecule has 0 N–H and O–H groups in total. The number of halogens is 1. The summed E-state index contributed by atoms with van der Waals surface area (Å²) in [6.07, 6.45) is 2.89. The summed E-state index contributed by atoms with van der Waals surface area (Å²) in [5.74, 6) is 0.660. The first kappa shape index (κ1) is 18.9. The van der Waals surface area contributed by atoms with Crippen molar-refractivity contribution in [3.8, 4) is 5.75 Å². The van der Waals surface area contributed by atoms with E-state index < -0.39 is 0 Å². The van der Waals surface area contributed by atoms with Crippen molar-refractivity contribution >= 4 is 40.5 Å². The number of aliphatic imine (C=N–C) groups is 1. The average Bonchev–Trinajstić information content (AvgIpc) is 2.85. The first-order valence-corrected chi connectivity index (χ1v) is 9.41. The largest absolute Gasteiger partial charge is 0.489 e. The highest BCUT2D eigenvalue weighted by atomic mass is 35.5. The van der Waals surface area contributed by atoms with E-state index >= 15 is 0 Å². The van der Waals surface area contributed by atoms with Crippen molar-refractivity contribution < 1.29 is 9.53 Å². The topological polar surface area (TPSA) is 41.9 Å². The van der Waals surface area contributed by atoms with Gasteiger partial charge >= 0.3 is 0 Å². The Kier molecular flexibility index (Phi) is 6.75. The Labute approximate surface area is 152 Å². The third-order valence-electron chi connectivity index (χ3n) is 3.65. The molecule has 0 unspecified atom stereocenters. The van der Waals surface area contributed by atoms with Crippen LogP contribution in [0.2, 0.25) is 5.02 Å². The molecular weight excluding hydrogens is 344 g/mol. The Morgan fingerprint density at radius 1 is 1.38 bits per heavy atom. The highest BCUT2D eigenvalue weighted by Crippen LogP contribution is 2.34. The maximum Gasteiger partial charge on any atom is 0.266 e. The van der Waals surface area contributed by atoms with E-state index in [4.69, 9.17) is 16.3 Å². The van der Waals surface area contributed by atoms with Crippen molar-refractivity contribution in [2.24, 2.45) is 4.99 Å². The van der Waals surface area contributed by atoms with Gasteiger partial charge in [-0.15, -0.1) is 0 Å². The number of thioether (sulfide) groups is 1. The predicted octanol–water partition coefficient (Wildman–Crippen LogP) is 4.83. The molecule has 0 bridgehead atoms. The van der Waals surface area contributed by atoms with Crippen LogP contribution in [-0.4, -0.2) is 35.2 Å². The Balaban J connectivity index is 2.24. The summed E-state index contributed by atoms with van der Waals surface area (Å²) in [6.45, 7) is 9.26. The van der Waals surface area contributed by atoms with Crippen LogP contribution in [0, 0.1) is 0 Å². The van der Waals surface area contributed by atoms with E-state index in [0.29, 0.717) is 28.8 Å². The normalized spacial score (nSPS) is 19.4. The number of hydrogen-bond acceptors (Lipinski definition) is 4. The minimum absolute atomic E-state index is 0.00856. The quantitative estimate of drug-likeness (QED) is 0.677. The van der Waals surface area contributed by atoms with Crippen LogP contribution >= 0.6 is 23.4 Å². The molecule has 130 valence electrons. The number of likely N-dealkylation sites (N-methyl/N-ethyl adjacent to an activating group) is 1. The van der Waals surface area contributed by atoms with Crippen LogP contribution in [0.25, 0.3) is 6.08 Å². The molecule has 24 heavy (non-hydrogen) atoms. The number of hydrogen-bond donors (Lipinski definition) is 0. The highest BCUT2D eigenvalue weighted by Gasteiger charge is 2.31. The number of amidine groups is 1. The summed E-state index contributed by atoms with van der Waals surface area (Å²) in [7, 11) is 0. The van der Waals surface area contributed by atoms with Crippen molar-refractivity contribution in [3.63, 3.8) is 0 Å². The fourth-order valence-corrected chi connectivity index (χ4v) is 3.53. The van der Waals surface area contributed by atoms with Gasteiger partial charge in [-0.25, -0.2) is 0 Å². The summed E-state index contributed by atoms with van der Waals surface area (Å²) in [5.41, 5.74) is 0.876. The second-order valence-electron chi connectivity index (χ2n) is 5.44. The number of ether oxygens (including phenoxy) is 1. The van der Waals surface area contributed by atoms with Gasteiger partial charge in [0.2, 0.25) is 0 Å². The van der Waals surface area contributed by atoms with Gasteiger partial charge in [0.05, 0.1) is 16.0 Å². The summed E-state index contributed by atoms with van der Waals surface area (Å²) in [6, 6.07) is 5.59. The molecule has 0 radical (unpaired) electrons. The number of carbonyl (C=O) groups excluding carboxylic acids is 1. The molecule has 1 aromatic carbocycles. The van der Waals surface area contributed by atoms with Crippen molar-refractivity contribution in [2.75, 3.05) is 13.1 Å². The zero-order valence-corrected chi connectivity index (χ0v) is 16.1. The fraction of sp³-hybridized carbons (Fsp3) is 0.444. The lowest BCUT2D eigenvalue weighted by Crippen LogP contribution is -2.28. The van der Waals surface area contributed by atoms with Gasteiger partial charge in [-0.3, -0.25) is 14.7 Å². The van der Waals surface area contributed by atoms with Gasteiger partial charge in [0.1, 0.15) is 5.75 Å². The molecular formula is C18H23ClN2O2S. The zero-order valence-electron chi connectivity index (χ0n) is 14.5. The lowest BCUT2D eigenvalue weighted by Gasteiger charge is -2.14. The summed E-state index contributed by atoms with van der Waals surface area (Å²) in [5, 5.41) is 1.31. The van der Waals surface area contributed by atoms with E-state index in [1.54, 1.807) is 4.90 Å². The number of amides is 1. The molecule has 0 spiro atoms. The minimum atomic E-state index is -0.00856. The molecule has 0 aliphatic carbocycles. The van der Waals surface area contributed by atoms with Crippen LogP contribution in [0.3, 0.4) is 0 Å². The van der Waals surface area contributed by atoms with Crippen LogP contribution < -0.4 is 4.74 Å². The lowest BCUT2D eigenvalue weighted by molar-refractivity contribution is -0.122. The molecule has 1 saturated heterocycles.